The molecule has 0 bridgehead atoms. The maximum absolute atomic E-state index is 12.3. The van der Waals surface area contributed by atoms with Gasteiger partial charge in [0.1, 0.15) is 0 Å². The Morgan fingerprint density at radius 2 is 1.95 bits per heavy atom. The molecule has 1 amide bonds. The van der Waals surface area contributed by atoms with Crippen LogP contribution in [0, 0.1) is 0 Å². The number of hydrogen-bond acceptors (Lipinski definition) is 3. The molecule has 22 heavy (non-hydrogen) atoms. The molecule has 0 N–H and O–H groups in total. The van der Waals surface area contributed by atoms with Crippen LogP contribution in [-0.4, -0.2) is 46.9 Å². The van der Waals surface area contributed by atoms with Gasteiger partial charge in [0, 0.05) is 38.3 Å². The van der Waals surface area contributed by atoms with E-state index in [1.54, 1.807) is 0 Å². The fraction of sp³-hybridized carbons (Fsp3) is 0.412. The van der Waals surface area contributed by atoms with E-state index in [1.165, 1.54) is 0 Å². The highest BCUT2D eigenvalue weighted by molar-refractivity contribution is 5.77. The lowest BCUT2D eigenvalue weighted by Crippen LogP contribution is -2.40. The first-order valence-electron chi connectivity index (χ1n) is 7.67. The summed E-state index contributed by atoms with van der Waals surface area (Å²) in [5.74, 6) is 0.200. The Hall–Kier alpha value is -2.14. The van der Waals surface area contributed by atoms with Gasteiger partial charge in [-0.3, -0.25) is 9.48 Å². The molecule has 5 heteroatoms. The molecular weight excluding hydrogens is 278 g/mol. The molecule has 1 saturated heterocycles. The van der Waals surface area contributed by atoms with Gasteiger partial charge in [-0.15, -0.1) is 0 Å². The van der Waals surface area contributed by atoms with E-state index in [1.807, 2.05) is 41.0 Å². The summed E-state index contributed by atoms with van der Waals surface area (Å²) >= 11 is 0. The van der Waals surface area contributed by atoms with Crippen molar-refractivity contribution < 1.29 is 9.53 Å². The van der Waals surface area contributed by atoms with Crippen molar-refractivity contribution in [1.82, 2.24) is 14.7 Å². The van der Waals surface area contributed by atoms with Gasteiger partial charge in [0.25, 0.3) is 0 Å². The zero-order valence-electron chi connectivity index (χ0n) is 12.9. The van der Waals surface area contributed by atoms with E-state index in [9.17, 15) is 4.79 Å². The number of carbonyl (C=O) groups excluding carboxylic acids is 1. The van der Waals surface area contributed by atoms with Crippen molar-refractivity contribution in [2.24, 2.45) is 7.05 Å². The van der Waals surface area contributed by atoms with Crippen molar-refractivity contribution in [2.75, 3.05) is 26.3 Å². The van der Waals surface area contributed by atoms with Crippen LogP contribution in [0.4, 0.5) is 0 Å². The zero-order valence-corrected chi connectivity index (χ0v) is 12.9. The summed E-state index contributed by atoms with van der Waals surface area (Å²) in [4.78, 5) is 14.2. The largest absolute Gasteiger partial charge is 0.378 e. The van der Waals surface area contributed by atoms with Crippen molar-refractivity contribution in [3.63, 3.8) is 0 Å². The van der Waals surface area contributed by atoms with Crippen molar-refractivity contribution in [1.29, 1.82) is 0 Å². The van der Waals surface area contributed by atoms with Crippen LogP contribution in [0.5, 0.6) is 0 Å². The summed E-state index contributed by atoms with van der Waals surface area (Å²) in [6, 6.07) is 10.1. The van der Waals surface area contributed by atoms with E-state index >= 15 is 0 Å². The average molecular weight is 299 g/mol. The molecule has 5 nitrogen and oxygen atoms in total. The number of benzene rings is 1. The number of morpholine rings is 1. The maximum atomic E-state index is 12.3. The lowest BCUT2D eigenvalue weighted by atomic mass is 10.0. The van der Waals surface area contributed by atoms with Gasteiger partial charge in [-0.1, -0.05) is 30.3 Å². The molecule has 1 fully saturated rings. The molecule has 116 valence electrons. The van der Waals surface area contributed by atoms with Gasteiger partial charge in [-0.2, -0.15) is 5.10 Å². The predicted molar refractivity (Wildman–Crippen MR) is 84.4 cm³/mol. The molecule has 2 heterocycles. The van der Waals surface area contributed by atoms with Gasteiger partial charge in [0.05, 0.1) is 18.9 Å². The standard InChI is InChI=1S/C17H21N3O2/c1-19-13-15(17(18-19)14-5-3-2-4-6-14)7-8-16(21)20-9-11-22-12-10-20/h2-6,13H,7-12H2,1H3. The summed E-state index contributed by atoms with van der Waals surface area (Å²) in [5, 5.41) is 4.54. The molecule has 1 aliphatic heterocycles. The fourth-order valence-corrected chi connectivity index (χ4v) is 2.77. The molecule has 1 aromatic heterocycles. The van der Waals surface area contributed by atoms with Crippen LogP contribution >= 0.6 is 0 Å². The van der Waals surface area contributed by atoms with Gasteiger partial charge in [0.2, 0.25) is 5.91 Å². The Balaban J connectivity index is 1.69. The molecular formula is C17H21N3O2. The average Bonchev–Trinajstić information content (AvgIpc) is 2.95. The third-order valence-corrected chi connectivity index (χ3v) is 3.92. The molecule has 0 saturated carbocycles. The number of rotatable bonds is 4. The Labute approximate surface area is 130 Å². The highest BCUT2D eigenvalue weighted by Gasteiger charge is 2.18. The number of nitrogens with zero attached hydrogens (tertiary/aromatic N) is 3. The third kappa shape index (κ3) is 3.36. The second kappa shape index (κ2) is 6.75. The van der Waals surface area contributed by atoms with Crippen LogP contribution in [0.25, 0.3) is 11.3 Å². The summed E-state index contributed by atoms with van der Waals surface area (Å²) in [6.45, 7) is 2.70. The monoisotopic (exact) mass is 299 g/mol. The molecule has 0 atom stereocenters. The Bertz CT molecular complexity index is 631. The second-order valence-electron chi connectivity index (χ2n) is 5.54. The smallest absolute Gasteiger partial charge is 0.223 e. The van der Waals surface area contributed by atoms with Crippen LogP contribution in [0.1, 0.15) is 12.0 Å². The summed E-state index contributed by atoms with van der Waals surface area (Å²) in [5.41, 5.74) is 3.19. The van der Waals surface area contributed by atoms with Gasteiger partial charge in [0.15, 0.2) is 0 Å². The maximum Gasteiger partial charge on any atom is 0.223 e. The normalized spacial score (nSPS) is 15.0. The minimum absolute atomic E-state index is 0.200. The zero-order chi connectivity index (χ0) is 15.4. The van der Waals surface area contributed by atoms with Gasteiger partial charge in [-0.25, -0.2) is 0 Å². The van der Waals surface area contributed by atoms with E-state index in [0.717, 1.165) is 16.8 Å². The van der Waals surface area contributed by atoms with Crippen LogP contribution in [0.15, 0.2) is 36.5 Å². The van der Waals surface area contributed by atoms with Gasteiger partial charge < -0.3 is 9.64 Å². The predicted octanol–water partition coefficient (Wildman–Crippen LogP) is 1.88. The second-order valence-corrected chi connectivity index (χ2v) is 5.54. The first-order valence-corrected chi connectivity index (χ1v) is 7.67. The van der Waals surface area contributed by atoms with E-state index < -0.39 is 0 Å². The summed E-state index contributed by atoms with van der Waals surface area (Å²) < 4.78 is 7.10. The van der Waals surface area contributed by atoms with Crippen LogP contribution in [-0.2, 0) is 23.0 Å². The van der Waals surface area contributed by atoms with Crippen molar-refractivity contribution in [3.05, 3.63) is 42.1 Å². The molecule has 0 unspecified atom stereocenters. The first-order chi connectivity index (χ1) is 10.7. The van der Waals surface area contributed by atoms with Crippen LogP contribution in [0.2, 0.25) is 0 Å². The summed E-state index contributed by atoms with van der Waals surface area (Å²) in [7, 11) is 1.92. The number of amides is 1. The lowest BCUT2D eigenvalue weighted by Gasteiger charge is -2.26. The number of hydrogen-bond donors (Lipinski definition) is 0. The van der Waals surface area contributed by atoms with Gasteiger partial charge >= 0.3 is 0 Å². The van der Waals surface area contributed by atoms with E-state index in [0.29, 0.717) is 39.1 Å². The molecule has 0 aliphatic carbocycles. The quantitative estimate of drug-likeness (QED) is 0.866. The third-order valence-electron chi connectivity index (χ3n) is 3.92. The number of carbonyl (C=O) groups is 1. The highest BCUT2D eigenvalue weighted by atomic mass is 16.5. The fourth-order valence-electron chi connectivity index (χ4n) is 2.77. The molecule has 1 aliphatic rings. The molecule has 1 aromatic carbocycles. The Kier molecular flexibility index (Phi) is 4.53. The molecule has 2 aromatic rings. The van der Waals surface area contributed by atoms with E-state index in [2.05, 4.69) is 17.2 Å². The van der Waals surface area contributed by atoms with Crippen molar-refractivity contribution in [2.45, 2.75) is 12.8 Å². The van der Waals surface area contributed by atoms with E-state index in [4.69, 9.17) is 4.74 Å². The SMILES string of the molecule is Cn1cc(CCC(=O)N2CCOCC2)c(-c2ccccc2)n1. The number of aryl methyl sites for hydroxylation is 2. The van der Waals surface area contributed by atoms with Crippen LogP contribution in [0.3, 0.4) is 0 Å². The lowest BCUT2D eigenvalue weighted by molar-refractivity contribution is -0.135. The van der Waals surface area contributed by atoms with Crippen LogP contribution < -0.4 is 0 Å². The van der Waals surface area contributed by atoms with E-state index in [-0.39, 0.29) is 5.91 Å². The molecule has 3 rings (SSSR count). The van der Waals surface area contributed by atoms with Gasteiger partial charge in [-0.05, 0) is 12.0 Å². The van der Waals surface area contributed by atoms with Crippen molar-refractivity contribution >= 4 is 5.91 Å². The number of aromatic nitrogens is 2. The minimum Gasteiger partial charge on any atom is -0.378 e. The molecule has 0 spiro atoms. The van der Waals surface area contributed by atoms with Crippen molar-refractivity contribution in [3.8, 4) is 11.3 Å². The topological polar surface area (TPSA) is 47.4 Å². The minimum atomic E-state index is 0.200. The number of ether oxygens (including phenoxy) is 1. The highest BCUT2D eigenvalue weighted by Crippen LogP contribution is 2.22. The Morgan fingerprint density at radius 3 is 2.68 bits per heavy atom. The summed E-state index contributed by atoms with van der Waals surface area (Å²) in [6.07, 6.45) is 3.24. The Morgan fingerprint density at radius 1 is 1.23 bits per heavy atom. The first kappa shape index (κ1) is 14.8. The molecule has 0 radical (unpaired) electrons.